The van der Waals surface area contributed by atoms with E-state index in [-0.39, 0.29) is 22.1 Å². The van der Waals surface area contributed by atoms with Gasteiger partial charge in [0.1, 0.15) is 0 Å². The summed E-state index contributed by atoms with van der Waals surface area (Å²) in [7, 11) is -3.68. The normalized spacial score (nSPS) is 11.2. The van der Waals surface area contributed by atoms with Gasteiger partial charge in [-0.05, 0) is 50.2 Å². The monoisotopic (exact) mass is 431 g/mol. The molecule has 2 aromatic carbocycles. The highest BCUT2D eigenvalue weighted by Gasteiger charge is 2.14. The number of nitrogens with one attached hydrogen (secondary N) is 2. The van der Waals surface area contributed by atoms with Crippen LogP contribution in [0.25, 0.3) is 0 Å². The molecule has 2 N–H and O–H groups in total. The number of rotatable bonds is 7. The van der Waals surface area contributed by atoms with Crippen LogP contribution in [0.2, 0.25) is 0 Å². The van der Waals surface area contributed by atoms with Crippen molar-refractivity contribution in [2.75, 3.05) is 10.0 Å². The maximum Gasteiger partial charge on any atom is 0.307 e. The van der Waals surface area contributed by atoms with E-state index in [1.54, 1.807) is 58.5 Å². The third-order valence-electron chi connectivity index (χ3n) is 4.29. The van der Waals surface area contributed by atoms with Gasteiger partial charge >= 0.3 is 4.87 Å². The number of thiazole rings is 1. The first-order valence-electron chi connectivity index (χ1n) is 8.89. The average molecular weight is 432 g/mol. The van der Waals surface area contributed by atoms with E-state index >= 15 is 0 Å². The molecule has 9 heteroatoms. The summed E-state index contributed by atoms with van der Waals surface area (Å²) < 4.78 is 28.9. The molecule has 1 heterocycles. The standard InChI is InChI=1S/C20H21N3O4S2/c1-14-3-9-18(10-4-14)29(26,27)22-17-7-5-16(6-8-17)21-19(24)11-12-23-15(2)13-28-20(23)25/h3-10,13,22H,11-12H2,1-2H3,(H,21,24). The Morgan fingerprint density at radius 2 is 1.62 bits per heavy atom. The van der Waals surface area contributed by atoms with E-state index in [1.165, 1.54) is 0 Å². The topological polar surface area (TPSA) is 97.3 Å². The summed E-state index contributed by atoms with van der Waals surface area (Å²) in [5.41, 5.74) is 2.74. The van der Waals surface area contributed by atoms with E-state index in [9.17, 15) is 18.0 Å². The van der Waals surface area contributed by atoms with Gasteiger partial charge in [0.25, 0.3) is 10.0 Å². The van der Waals surface area contributed by atoms with Gasteiger partial charge in [0.15, 0.2) is 0 Å². The number of nitrogens with zero attached hydrogens (tertiary/aromatic N) is 1. The molecule has 0 aliphatic carbocycles. The summed E-state index contributed by atoms with van der Waals surface area (Å²) in [5.74, 6) is -0.226. The van der Waals surface area contributed by atoms with Crippen LogP contribution >= 0.6 is 11.3 Å². The predicted octanol–water partition coefficient (Wildman–Crippen LogP) is 3.36. The Morgan fingerprint density at radius 3 is 2.21 bits per heavy atom. The van der Waals surface area contributed by atoms with Gasteiger partial charge < -0.3 is 9.88 Å². The fourth-order valence-corrected chi connectivity index (χ4v) is 4.48. The summed E-state index contributed by atoms with van der Waals surface area (Å²) in [6, 6.07) is 13.0. The molecule has 3 rings (SSSR count). The van der Waals surface area contributed by atoms with Crippen LogP contribution < -0.4 is 14.9 Å². The number of aryl methyl sites for hydroxylation is 2. The molecule has 1 amide bonds. The number of carbonyl (C=O) groups excluding carboxylic acids is 1. The van der Waals surface area contributed by atoms with Gasteiger partial charge in [0.2, 0.25) is 5.91 Å². The maximum atomic E-state index is 12.4. The Balaban J connectivity index is 1.59. The molecule has 7 nitrogen and oxygen atoms in total. The molecule has 1 aromatic heterocycles. The van der Waals surface area contributed by atoms with Gasteiger partial charge in [-0.3, -0.25) is 14.3 Å². The molecule has 0 saturated carbocycles. The Labute approximate surface area is 173 Å². The van der Waals surface area contributed by atoms with Crippen LogP contribution in [-0.4, -0.2) is 18.9 Å². The van der Waals surface area contributed by atoms with E-state index in [1.807, 2.05) is 13.8 Å². The molecule has 0 bridgehead atoms. The number of aromatic nitrogens is 1. The van der Waals surface area contributed by atoms with Crippen molar-refractivity contribution in [3.8, 4) is 0 Å². The summed E-state index contributed by atoms with van der Waals surface area (Å²) >= 11 is 1.11. The molecule has 0 fully saturated rings. The van der Waals surface area contributed by atoms with Crippen LogP contribution in [0.15, 0.2) is 63.6 Å². The van der Waals surface area contributed by atoms with E-state index in [2.05, 4.69) is 10.0 Å². The van der Waals surface area contributed by atoms with Gasteiger partial charge in [-0.2, -0.15) is 0 Å². The Kier molecular flexibility index (Phi) is 6.19. The average Bonchev–Trinajstić information content (AvgIpc) is 2.99. The fraction of sp³-hybridized carbons (Fsp3) is 0.200. The van der Waals surface area contributed by atoms with Crippen LogP contribution in [0.1, 0.15) is 17.7 Å². The van der Waals surface area contributed by atoms with Gasteiger partial charge in [-0.15, -0.1) is 0 Å². The minimum atomic E-state index is -3.68. The molecule has 0 atom stereocenters. The minimum Gasteiger partial charge on any atom is -0.326 e. The fourth-order valence-electron chi connectivity index (χ4n) is 2.66. The van der Waals surface area contributed by atoms with E-state index in [4.69, 9.17) is 0 Å². The van der Waals surface area contributed by atoms with Crippen LogP contribution in [-0.2, 0) is 21.4 Å². The zero-order valence-electron chi connectivity index (χ0n) is 16.0. The molecule has 0 aliphatic rings. The lowest BCUT2D eigenvalue weighted by Gasteiger charge is -2.10. The summed E-state index contributed by atoms with van der Waals surface area (Å²) in [5, 5.41) is 4.50. The van der Waals surface area contributed by atoms with Crippen molar-refractivity contribution in [2.45, 2.75) is 31.7 Å². The van der Waals surface area contributed by atoms with E-state index in [0.29, 0.717) is 17.9 Å². The molecular weight excluding hydrogens is 410 g/mol. The molecular formula is C20H21N3O4S2. The first-order chi connectivity index (χ1) is 13.7. The van der Waals surface area contributed by atoms with Gasteiger partial charge in [-0.25, -0.2) is 8.42 Å². The number of sulfonamides is 1. The van der Waals surface area contributed by atoms with Crippen molar-refractivity contribution in [1.29, 1.82) is 0 Å². The Bertz CT molecular complexity index is 1160. The number of amides is 1. The highest BCUT2D eigenvalue weighted by atomic mass is 32.2. The molecule has 0 radical (unpaired) electrons. The van der Waals surface area contributed by atoms with Crippen molar-refractivity contribution in [3.63, 3.8) is 0 Å². The molecule has 0 unspecified atom stereocenters. The highest BCUT2D eigenvalue weighted by Crippen LogP contribution is 2.19. The van der Waals surface area contributed by atoms with Crippen molar-refractivity contribution in [2.24, 2.45) is 0 Å². The van der Waals surface area contributed by atoms with Crippen molar-refractivity contribution in [1.82, 2.24) is 4.57 Å². The summed E-state index contributed by atoms with van der Waals surface area (Å²) in [6.45, 7) is 4.03. The zero-order chi connectivity index (χ0) is 21.0. The molecule has 29 heavy (non-hydrogen) atoms. The Hall–Kier alpha value is -2.91. The van der Waals surface area contributed by atoms with Crippen molar-refractivity contribution in [3.05, 3.63) is 74.8 Å². The van der Waals surface area contributed by atoms with Crippen molar-refractivity contribution < 1.29 is 13.2 Å². The summed E-state index contributed by atoms with van der Waals surface area (Å²) in [4.78, 5) is 23.9. The second-order valence-corrected chi connectivity index (χ2v) is 9.09. The molecule has 0 spiro atoms. The van der Waals surface area contributed by atoms with Crippen LogP contribution in [0.5, 0.6) is 0 Å². The lowest BCUT2D eigenvalue weighted by atomic mass is 10.2. The zero-order valence-corrected chi connectivity index (χ0v) is 17.6. The predicted molar refractivity (Wildman–Crippen MR) is 115 cm³/mol. The first kappa shape index (κ1) is 20.8. The molecule has 0 saturated heterocycles. The van der Waals surface area contributed by atoms with Gasteiger partial charge in [0.05, 0.1) is 4.90 Å². The van der Waals surface area contributed by atoms with Crippen LogP contribution in [0, 0.1) is 13.8 Å². The number of anilines is 2. The SMILES string of the molecule is Cc1ccc(S(=O)(=O)Nc2ccc(NC(=O)CCn3c(C)csc3=O)cc2)cc1. The summed E-state index contributed by atoms with van der Waals surface area (Å²) in [6.07, 6.45) is 0.166. The molecule has 3 aromatic rings. The molecule has 0 aliphatic heterocycles. The lowest BCUT2D eigenvalue weighted by molar-refractivity contribution is -0.116. The molecule has 152 valence electrons. The van der Waals surface area contributed by atoms with Gasteiger partial charge in [-0.1, -0.05) is 29.0 Å². The smallest absolute Gasteiger partial charge is 0.307 e. The quantitative estimate of drug-likeness (QED) is 0.599. The maximum absolute atomic E-state index is 12.4. The van der Waals surface area contributed by atoms with E-state index in [0.717, 1.165) is 22.6 Å². The Morgan fingerprint density at radius 1 is 1.00 bits per heavy atom. The highest BCUT2D eigenvalue weighted by molar-refractivity contribution is 7.92. The third kappa shape index (κ3) is 5.33. The van der Waals surface area contributed by atoms with Crippen molar-refractivity contribution >= 4 is 38.6 Å². The number of hydrogen-bond donors (Lipinski definition) is 2. The number of hydrogen-bond acceptors (Lipinski definition) is 5. The second-order valence-electron chi connectivity index (χ2n) is 6.59. The van der Waals surface area contributed by atoms with Crippen LogP contribution in [0.3, 0.4) is 0 Å². The third-order valence-corrected chi connectivity index (χ3v) is 6.57. The van der Waals surface area contributed by atoms with E-state index < -0.39 is 10.0 Å². The van der Waals surface area contributed by atoms with Crippen LogP contribution in [0.4, 0.5) is 11.4 Å². The second kappa shape index (κ2) is 8.62. The first-order valence-corrected chi connectivity index (χ1v) is 11.3. The number of carbonyl (C=O) groups is 1. The lowest BCUT2D eigenvalue weighted by Crippen LogP contribution is -2.20. The van der Waals surface area contributed by atoms with Gasteiger partial charge in [0, 0.05) is 35.4 Å². The number of benzene rings is 2. The minimum absolute atomic E-state index is 0.0829. The largest absolute Gasteiger partial charge is 0.326 e.